The molecule has 3 nitrogen and oxygen atoms in total. The van der Waals surface area contributed by atoms with Crippen molar-refractivity contribution in [3.05, 3.63) is 23.8 Å². The van der Waals surface area contributed by atoms with Gasteiger partial charge in [-0.25, -0.2) is 0 Å². The Morgan fingerprint density at radius 1 is 1.32 bits per heavy atom. The van der Waals surface area contributed by atoms with Crippen molar-refractivity contribution in [2.45, 2.75) is 49.0 Å². The first kappa shape index (κ1) is 14.7. The van der Waals surface area contributed by atoms with E-state index < -0.39 is 10.8 Å². The fourth-order valence-corrected chi connectivity index (χ4v) is 5.37. The second-order valence-electron chi connectivity index (χ2n) is 7.18. The van der Waals surface area contributed by atoms with Gasteiger partial charge < -0.3 is 9.64 Å². The van der Waals surface area contributed by atoms with Crippen LogP contribution in [0.2, 0.25) is 0 Å². The molecule has 0 radical (unpaired) electrons. The molecule has 0 aromatic heterocycles. The number of fused-ring (bicyclic) bond motifs is 1. The molecular formula is C18H25NO2S. The predicted octanol–water partition coefficient (Wildman–Crippen LogP) is 3.16. The maximum absolute atomic E-state index is 12.4. The Morgan fingerprint density at radius 3 is 2.91 bits per heavy atom. The van der Waals surface area contributed by atoms with Crippen LogP contribution in [0.5, 0.6) is 5.75 Å². The summed E-state index contributed by atoms with van der Waals surface area (Å²) in [6.45, 7) is 2.05. The maximum Gasteiger partial charge on any atom is 0.119 e. The molecule has 1 aromatic carbocycles. The Bertz CT molecular complexity index is 584. The van der Waals surface area contributed by atoms with Gasteiger partial charge in [-0.15, -0.1) is 0 Å². The molecule has 3 atom stereocenters. The van der Waals surface area contributed by atoms with Crippen molar-refractivity contribution in [3.8, 4) is 5.75 Å². The Labute approximate surface area is 135 Å². The Hall–Kier alpha value is -0.870. The van der Waals surface area contributed by atoms with E-state index >= 15 is 0 Å². The molecule has 1 aliphatic carbocycles. The van der Waals surface area contributed by atoms with Crippen LogP contribution in [-0.4, -0.2) is 41.1 Å². The standard InChI is InChI=1S/C18H25NO2S/c1-19-8-2-3-15(19)9-14-12-22(20)18-7-6-16(10-17(14)18)21-11-13-4-5-13/h6-7,10,13-15H,2-5,8-9,11-12H2,1H3/t14?,15-,22?/m1/s1. The number of hydrogen-bond acceptors (Lipinski definition) is 3. The summed E-state index contributed by atoms with van der Waals surface area (Å²) in [4.78, 5) is 3.51. The number of nitrogens with zero attached hydrogens (tertiary/aromatic N) is 1. The minimum absolute atomic E-state index is 0.436. The molecule has 2 heterocycles. The lowest BCUT2D eigenvalue weighted by Crippen LogP contribution is -2.27. The van der Waals surface area contributed by atoms with Crippen LogP contribution < -0.4 is 4.74 Å². The van der Waals surface area contributed by atoms with Crippen molar-refractivity contribution in [1.82, 2.24) is 4.90 Å². The largest absolute Gasteiger partial charge is 0.493 e. The van der Waals surface area contributed by atoms with E-state index in [1.54, 1.807) is 0 Å². The van der Waals surface area contributed by atoms with Gasteiger partial charge >= 0.3 is 0 Å². The normalized spacial score (nSPS) is 31.4. The summed E-state index contributed by atoms with van der Waals surface area (Å²) in [7, 11) is 1.40. The average molecular weight is 319 g/mol. The molecule has 4 rings (SSSR count). The first-order chi connectivity index (χ1) is 10.7. The molecule has 0 N–H and O–H groups in total. The summed E-state index contributed by atoms with van der Waals surface area (Å²) < 4.78 is 18.3. The zero-order valence-electron chi connectivity index (χ0n) is 13.3. The number of rotatable bonds is 5. The van der Waals surface area contributed by atoms with Gasteiger partial charge in [-0.2, -0.15) is 0 Å². The zero-order valence-corrected chi connectivity index (χ0v) is 14.1. The van der Waals surface area contributed by atoms with Crippen LogP contribution in [0.1, 0.15) is 43.6 Å². The molecule has 1 saturated heterocycles. The molecule has 3 aliphatic rings. The maximum atomic E-state index is 12.4. The lowest BCUT2D eigenvalue weighted by molar-refractivity contribution is 0.284. The Balaban J connectivity index is 1.50. The lowest BCUT2D eigenvalue weighted by atomic mass is 9.93. The van der Waals surface area contributed by atoms with Crippen LogP contribution in [0.25, 0.3) is 0 Å². The van der Waals surface area contributed by atoms with E-state index in [0.717, 1.165) is 35.3 Å². The van der Waals surface area contributed by atoms with E-state index in [1.165, 1.54) is 37.8 Å². The van der Waals surface area contributed by atoms with Gasteiger partial charge in [0.1, 0.15) is 5.75 Å². The molecule has 2 fully saturated rings. The summed E-state index contributed by atoms with van der Waals surface area (Å²) in [5.74, 6) is 2.97. The smallest absolute Gasteiger partial charge is 0.119 e. The third kappa shape index (κ3) is 2.95. The molecule has 2 unspecified atom stereocenters. The van der Waals surface area contributed by atoms with Crippen molar-refractivity contribution in [2.75, 3.05) is 26.0 Å². The molecule has 0 bridgehead atoms. The SMILES string of the molecule is CN1CCC[C@@H]1CC1CS(=O)c2ccc(OCC3CC3)cc21. The molecule has 2 aliphatic heterocycles. The highest BCUT2D eigenvalue weighted by atomic mass is 32.2. The number of ether oxygens (including phenoxy) is 1. The van der Waals surface area contributed by atoms with Gasteiger partial charge in [0.15, 0.2) is 0 Å². The van der Waals surface area contributed by atoms with E-state index in [0.29, 0.717) is 12.0 Å². The third-order valence-electron chi connectivity index (χ3n) is 5.43. The minimum Gasteiger partial charge on any atom is -0.493 e. The van der Waals surface area contributed by atoms with Gasteiger partial charge in [0, 0.05) is 16.7 Å². The Kier molecular flexibility index (Phi) is 3.99. The topological polar surface area (TPSA) is 29.5 Å². The monoisotopic (exact) mass is 319 g/mol. The first-order valence-corrected chi connectivity index (χ1v) is 9.88. The third-order valence-corrected chi connectivity index (χ3v) is 7.00. The van der Waals surface area contributed by atoms with E-state index in [9.17, 15) is 4.21 Å². The van der Waals surface area contributed by atoms with Gasteiger partial charge in [-0.05, 0) is 81.3 Å². The van der Waals surface area contributed by atoms with Crippen LogP contribution >= 0.6 is 0 Å². The molecule has 120 valence electrons. The number of benzene rings is 1. The first-order valence-electron chi connectivity index (χ1n) is 8.56. The molecule has 0 spiro atoms. The van der Waals surface area contributed by atoms with Gasteiger partial charge in [-0.3, -0.25) is 4.21 Å². The van der Waals surface area contributed by atoms with Crippen LogP contribution in [0.3, 0.4) is 0 Å². The van der Waals surface area contributed by atoms with Crippen LogP contribution in [0.15, 0.2) is 23.1 Å². The van der Waals surface area contributed by atoms with Crippen molar-refractivity contribution < 1.29 is 8.95 Å². The van der Waals surface area contributed by atoms with Gasteiger partial charge in [0.25, 0.3) is 0 Å². The summed E-state index contributed by atoms with van der Waals surface area (Å²) >= 11 is 0. The van der Waals surface area contributed by atoms with Gasteiger partial charge in [-0.1, -0.05) is 0 Å². The second-order valence-corrected chi connectivity index (χ2v) is 8.64. The zero-order chi connectivity index (χ0) is 15.1. The Morgan fingerprint density at radius 2 is 2.18 bits per heavy atom. The minimum atomic E-state index is -0.822. The molecular weight excluding hydrogens is 294 g/mol. The fraction of sp³-hybridized carbons (Fsp3) is 0.667. The van der Waals surface area contributed by atoms with Gasteiger partial charge in [0.05, 0.1) is 17.4 Å². The van der Waals surface area contributed by atoms with Crippen molar-refractivity contribution >= 4 is 10.8 Å². The summed E-state index contributed by atoms with van der Waals surface area (Å²) in [5, 5.41) is 0. The molecule has 0 amide bonds. The molecule has 22 heavy (non-hydrogen) atoms. The van der Waals surface area contributed by atoms with Crippen LogP contribution in [-0.2, 0) is 10.8 Å². The summed E-state index contributed by atoms with van der Waals surface area (Å²) in [6.07, 6.45) is 6.35. The quantitative estimate of drug-likeness (QED) is 0.835. The molecule has 4 heteroatoms. The average Bonchev–Trinajstić information content (AvgIpc) is 3.19. The van der Waals surface area contributed by atoms with Gasteiger partial charge in [0.2, 0.25) is 0 Å². The van der Waals surface area contributed by atoms with E-state index in [1.807, 2.05) is 12.1 Å². The van der Waals surface area contributed by atoms with E-state index in [4.69, 9.17) is 4.74 Å². The summed E-state index contributed by atoms with van der Waals surface area (Å²) in [6, 6.07) is 6.86. The lowest BCUT2D eigenvalue weighted by Gasteiger charge is -2.23. The highest BCUT2D eigenvalue weighted by Gasteiger charge is 2.33. The van der Waals surface area contributed by atoms with Crippen molar-refractivity contribution in [3.63, 3.8) is 0 Å². The fourth-order valence-electron chi connectivity index (χ4n) is 3.80. The van der Waals surface area contributed by atoms with E-state index in [-0.39, 0.29) is 0 Å². The van der Waals surface area contributed by atoms with Crippen molar-refractivity contribution in [1.29, 1.82) is 0 Å². The highest BCUT2D eigenvalue weighted by molar-refractivity contribution is 7.85. The van der Waals surface area contributed by atoms with Crippen molar-refractivity contribution in [2.24, 2.45) is 5.92 Å². The number of hydrogen-bond donors (Lipinski definition) is 0. The number of likely N-dealkylation sites (tertiary alicyclic amines) is 1. The second kappa shape index (κ2) is 5.97. The molecule has 1 saturated carbocycles. The highest BCUT2D eigenvalue weighted by Crippen LogP contribution is 2.40. The summed E-state index contributed by atoms with van der Waals surface area (Å²) in [5.41, 5.74) is 1.28. The predicted molar refractivity (Wildman–Crippen MR) is 88.9 cm³/mol. The van der Waals surface area contributed by atoms with Crippen LogP contribution in [0, 0.1) is 5.92 Å². The van der Waals surface area contributed by atoms with Crippen LogP contribution in [0.4, 0.5) is 0 Å². The molecule has 1 aromatic rings. The van der Waals surface area contributed by atoms with E-state index in [2.05, 4.69) is 18.0 Å².